The van der Waals surface area contributed by atoms with E-state index in [1.54, 1.807) is 6.07 Å². The molecule has 1 aromatic carbocycles. The Bertz CT molecular complexity index is 650. The van der Waals surface area contributed by atoms with Gasteiger partial charge in [0.05, 0.1) is 6.54 Å². The monoisotopic (exact) mass is 343 g/mol. The number of primary amides is 1. The second-order valence-corrected chi connectivity index (χ2v) is 7.61. The Morgan fingerprint density at radius 3 is 2.64 bits per heavy atom. The molecular formula is C20H29N3O2. The summed E-state index contributed by atoms with van der Waals surface area (Å²) < 4.78 is 0. The maximum absolute atomic E-state index is 12.8. The highest BCUT2D eigenvalue weighted by atomic mass is 16.2. The summed E-state index contributed by atoms with van der Waals surface area (Å²) in [6.07, 6.45) is 6.40. The predicted octanol–water partition coefficient (Wildman–Crippen LogP) is 2.58. The highest BCUT2D eigenvalue weighted by Crippen LogP contribution is 2.30. The molecule has 2 aliphatic rings. The van der Waals surface area contributed by atoms with Crippen molar-refractivity contribution in [2.75, 3.05) is 25.0 Å². The first kappa shape index (κ1) is 17.8. The number of hydrogen-bond acceptors (Lipinski definition) is 3. The molecule has 1 aliphatic carbocycles. The molecule has 136 valence electrons. The lowest BCUT2D eigenvalue weighted by Gasteiger charge is -2.37. The summed E-state index contributed by atoms with van der Waals surface area (Å²) in [5.74, 6) is 0.552. The molecule has 0 radical (unpaired) electrons. The smallest absolute Gasteiger partial charge is 0.249 e. The molecule has 0 bridgehead atoms. The van der Waals surface area contributed by atoms with Gasteiger partial charge in [-0.25, -0.2) is 0 Å². The van der Waals surface area contributed by atoms with Crippen molar-refractivity contribution in [1.82, 2.24) is 4.90 Å². The number of fused-ring (bicyclic) bond motifs is 1. The van der Waals surface area contributed by atoms with Crippen molar-refractivity contribution in [3.8, 4) is 0 Å². The minimum Gasteiger partial charge on any atom is -0.366 e. The van der Waals surface area contributed by atoms with Gasteiger partial charge in [-0.3, -0.25) is 9.59 Å². The fraction of sp³-hybridized carbons (Fsp3) is 0.600. The van der Waals surface area contributed by atoms with Crippen molar-refractivity contribution in [2.24, 2.45) is 11.7 Å². The first-order valence-electron chi connectivity index (χ1n) is 9.39. The molecule has 2 amide bonds. The molecule has 0 atom stereocenters. The van der Waals surface area contributed by atoms with Crippen LogP contribution in [0.25, 0.3) is 0 Å². The van der Waals surface area contributed by atoms with Crippen LogP contribution in [0.3, 0.4) is 0 Å². The lowest BCUT2D eigenvalue weighted by atomic mass is 9.87. The minimum absolute atomic E-state index is 0.164. The van der Waals surface area contributed by atoms with Crippen LogP contribution in [0.1, 0.15) is 54.9 Å². The zero-order valence-corrected chi connectivity index (χ0v) is 15.3. The number of carbonyl (C=O) groups excluding carboxylic acids is 2. The molecule has 1 saturated carbocycles. The van der Waals surface area contributed by atoms with Gasteiger partial charge in [-0.15, -0.1) is 0 Å². The molecule has 25 heavy (non-hydrogen) atoms. The average Bonchev–Trinajstić information content (AvgIpc) is 2.61. The zero-order chi connectivity index (χ0) is 18.0. The van der Waals surface area contributed by atoms with Gasteiger partial charge in [0.25, 0.3) is 0 Å². The SMILES string of the molecule is CC1CCC(N(C)C(=O)CN2CCCc3c(C(N)=O)cccc32)CC1. The molecule has 0 saturated heterocycles. The number of hydrogen-bond donors (Lipinski definition) is 1. The highest BCUT2D eigenvalue weighted by molar-refractivity contribution is 5.96. The Labute approximate surface area is 150 Å². The van der Waals surface area contributed by atoms with Crippen molar-refractivity contribution in [1.29, 1.82) is 0 Å². The van der Waals surface area contributed by atoms with Gasteiger partial charge in [0.1, 0.15) is 0 Å². The van der Waals surface area contributed by atoms with E-state index in [2.05, 4.69) is 11.8 Å². The summed E-state index contributed by atoms with van der Waals surface area (Å²) in [6, 6.07) is 6.00. The second-order valence-electron chi connectivity index (χ2n) is 7.61. The molecular weight excluding hydrogens is 314 g/mol. The standard InChI is InChI=1S/C20H29N3O2/c1-14-8-10-15(11-9-14)22(2)19(24)13-23-12-4-6-16-17(20(21)25)5-3-7-18(16)23/h3,5,7,14-15H,4,6,8-13H2,1-2H3,(H2,21,25). The van der Waals surface area contributed by atoms with Crippen LogP contribution in [0.15, 0.2) is 18.2 Å². The third-order valence-electron chi connectivity index (χ3n) is 5.86. The topological polar surface area (TPSA) is 66.6 Å². The third kappa shape index (κ3) is 3.80. The molecule has 1 fully saturated rings. The fourth-order valence-electron chi connectivity index (χ4n) is 4.20. The van der Waals surface area contributed by atoms with Gasteiger partial charge in [-0.2, -0.15) is 0 Å². The fourth-order valence-corrected chi connectivity index (χ4v) is 4.20. The van der Waals surface area contributed by atoms with Gasteiger partial charge in [0.15, 0.2) is 0 Å². The maximum Gasteiger partial charge on any atom is 0.249 e. The minimum atomic E-state index is -0.390. The Hall–Kier alpha value is -2.04. The highest BCUT2D eigenvalue weighted by Gasteiger charge is 2.28. The van der Waals surface area contributed by atoms with Crippen molar-refractivity contribution in [3.63, 3.8) is 0 Å². The number of likely N-dealkylation sites (N-methyl/N-ethyl adjacent to an activating group) is 1. The molecule has 1 aromatic rings. The van der Waals surface area contributed by atoms with E-state index in [4.69, 9.17) is 5.73 Å². The van der Waals surface area contributed by atoms with Crippen LogP contribution in [0.4, 0.5) is 5.69 Å². The van der Waals surface area contributed by atoms with Crippen molar-refractivity contribution >= 4 is 17.5 Å². The molecule has 3 rings (SSSR count). The van der Waals surface area contributed by atoms with Crippen molar-refractivity contribution < 1.29 is 9.59 Å². The van der Waals surface area contributed by atoms with Crippen LogP contribution in [-0.2, 0) is 11.2 Å². The molecule has 0 spiro atoms. The van der Waals surface area contributed by atoms with Gasteiger partial charge < -0.3 is 15.5 Å². The summed E-state index contributed by atoms with van der Waals surface area (Å²) in [4.78, 5) is 28.5. The second kappa shape index (κ2) is 7.46. The van der Waals surface area contributed by atoms with Crippen LogP contribution in [0.2, 0.25) is 0 Å². The van der Waals surface area contributed by atoms with E-state index in [-0.39, 0.29) is 5.91 Å². The van der Waals surface area contributed by atoms with Crippen molar-refractivity contribution in [2.45, 2.75) is 51.5 Å². The average molecular weight is 343 g/mol. The van der Waals surface area contributed by atoms with Crippen LogP contribution in [-0.4, -0.2) is 42.9 Å². The number of nitrogens with two attached hydrogens (primary N) is 1. The number of rotatable bonds is 4. The molecule has 2 N–H and O–H groups in total. The largest absolute Gasteiger partial charge is 0.366 e. The first-order valence-corrected chi connectivity index (χ1v) is 9.39. The normalized spacial score (nSPS) is 23.0. The van der Waals surface area contributed by atoms with E-state index in [1.165, 1.54) is 12.8 Å². The Morgan fingerprint density at radius 1 is 1.24 bits per heavy atom. The van der Waals surface area contributed by atoms with E-state index in [9.17, 15) is 9.59 Å². The lowest BCUT2D eigenvalue weighted by Crippen LogP contribution is -2.45. The summed E-state index contributed by atoms with van der Waals surface area (Å²) in [5.41, 5.74) is 8.07. The lowest BCUT2D eigenvalue weighted by molar-refractivity contribution is -0.131. The molecule has 0 unspecified atom stereocenters. The number of nitrogens with zero attached hydrogens (tertiary/aromatic N) is 2. The quantitative estimate of drug-likeness (QED) is 0.914. The van der Waals surface area contributed by atoms with Gasteiger partial charge in [0, 0.05) is 30.9 Å². The zero-order valence-electron chi connectivity index (χ0n) is 15.3. The molecule has 1 heterocycles. The summed E-state index contributed by atoms with van der Waals surface area (Å²) in [7, 11) is 1.94. The number of amides is 2. The third-order valence-corrected chi connectivity index (χ3v) is 5.86. The predicted molar refractivity (Wildman–Crippen MR) is 99.7 cm³/mol. The first-order chi connectivity index (χ1) is 12.0. The van der Waals surface area contributed by atoms with Crippen molar-refractivity contribution in [3.05, 3.63) is 29.3 Å². The molecule has 0 aromatic heterocycles. The maximum atomic E-state index is 12.8. The van der Waals surface area contributed by atoms with E-state index in [0.29, 0.717) is 18.2 Å². The van der Waals surface area contributed by atoms with Gasteiger partial charge in [-0.1, -0.05) is 13.0 Å². The van der Waals surface area contributed by atoms with Gasteiger partial charge in [-0.05, 0) is 62.1 Å². The Morgan fingerprint density at radius 2 is 1.96 bits per heavy atom. The molecule has 5 heteroatoms. The van der Waals surface area contributed by atoms with Gasteiger partial charge >= 0.3 is 0 Å². The van der Waals surface area contributed by atoms with Crippen LogP contribution in [0.5, 0.6) is 0 Å². The summed E-state index contributed by atoms with van der Waals surface area (Å²) >= 11 is 0. The van der Waals surface area contributed by atoms with Gasteiger partial charge in [0.2, 0.25) is 11.8 Å². The molecule has 1 aliphatic heterocycles. The number of anilines is 1. The number of benzene rings is 1. The van der Waals surface area contributed by atoms with Crippen LogP contribution < -0.4 is 10.6 Å². The summed E-state index contributed by atoms with van der Waals surface area (Å²) in [5, 5.41) is 0. The summed E-state index contributed by atoms with van der Waals surface area (Å²) in [6.45, 7) is 3.51. The number of carbonyl (C=O) groups is 2. The van der Waals surface area contributed by atoms with Crippen LogP contribution >= 0.6 is 0 Å². The Balaban J connectivity index is 1.71. The van der Waals surface area contributed by atoms with E-state index < -0.39 is 5.91 Å². The van der Waals surface area contributed by atoms with Crippen LogP contribution in [0, 0.1) is 5.92 Å². The van der Waals surface area contributed by atoms with E-state index in [1.807, 2.05) is 24.1 Å². The molecule has 5 nitrogen and oxygen atoms in total. The Kier molecular flexibility index (Phi) is 5.30. The van der Waals surface area contributed by atoms with E-state index >= 15 is 0 Å². The van der Waals surface area contributed by atoms with E-state index in [0.717, 1.165) is 49.4 Å².